The number of hydrogen-bond donors (Lipinski definition) is 0. The predicted molar refractivity (Wildman–Crippen MR) is 108 cm³/mol. The summed E-state index contributed by atoms with van der Waals surface area (Å²) in [6.07, 6.45) is 3.30. The Morgan fingerprint density at radius 2 is 1.93 bits per heavy atom. The van der Waals surface area contributed by atoms with E-state index in [0.717, 1.165) is 12.8 Å². The van der Waals surface area contributed by atoms with Gasteiger partial charge in [0.15, 0.2) is 0 Å². The van der Waals surface area contributed by atoms with E-state index < -0.39 is 0 Å². The smallest absolute Gasteiger partial charge is 0.409 e. The number of hydrogen-bond acceptors (Lipinski definition) is 6. The molecule has 3 heterocycles. The number of nitrogens with zero attached hydrogens (tertiary/aromatic N) is 3. The van der Waals surface area contributed by atoms with E-state index >= 15 is 0 Å². The Morgan fingerprint density at radius 3 is 2.53 bits per heavy atom. The van der Waals surface area contributed by atoms with Crippen molar-refractivity contribution in [3.63, 3.8) is 0 Å². The first-order chi connectivity index (χ1) is 14.5. The Bertz CT molecular complexity index is 735. The maximum Gasteiger partial charge on any atom is 0.409 e. The van der Waals surface area contributed by atoms with Crippen LogP contribution in [0, 0.1) is 6.92 Å². The molecule has 2 aliphatic rings. The van der Waals surface area contributed by atoms with Crippen LogP contribution in [0.1, 0.15) is 42.3 Å². The van der Waals surface area contributed by atoms with Gasteiger partial charge in [-0.3, -0.25) is 9.59 Å². The molecule has 0 radical (unpaired) electrons. The number of carbonyl (C=O) groups excluding carboxylic acids is 3. The van der Waals surface area contributed by atoms with E-state index in [2.05, 4.69) is 0 Å². The van der Waals surface area contributed by atoms with Gasteiger partial charge in [0, 0.05) is 52.3 Å². The van der Waals surface area contributed by atoms with E-state index in [1.807, 2.05) is 0 Å². The lowest BCUT2D eigenvalue weighted by Gasteiger charge is -2.34. The minimum absolute atomic E-state index is 0.00406. The summed E-state index contributed by atoms with van der Waals surface area (Å²) in [7, 11) is 0. The number of furan rings is 1. The molecule has 2 fully saturated rings. The van der Waals surface area contributed by atoms with Gasteiger partial charge in [-0.25, -0.2) is 4.79 Å². The molecule has 1 aromatic rings. The second-order valence-corrected chi connectivity index (χ2v) is 7.59. The Hall–Kier alpha value is -2.55. The largest absolute Gasteiger partial charge is 0.469 e. The summed E-state index contributed by atoms with van der Waals surface area (Å²) in [6, 6.07) is 1.66. The molecular weight excluding hydrogens is 390 g/mol. The lowest BCUT2D eigenvalue weighted by molar-refractivity contribution is -0.133. The van der Waals surface area contributed by atoms with Crippen molar-refractivity contribution in [1.29, 1.82) is 0 Å². The highest BCUT2D eigenvalue weighted by molar-refractivity contribution is 5.95. The van der Waals surface area contributed by atoms with Gasteiger partial charge in [0.05, 0.1) is 24.5 Å². The molecule has 0 aromatic carbocycles. The minimum Gasteiger partial charge on any atom is -0.469 e. The van der Waals surface area contributed by atoms with E-state index in [0.29, 0.717) is 63.8 Å². The van der Waals surface area contributed by atoms with E-state index in [9.17, 15) is 14.4 Å². The zero-order chi connectivity index (χ0) is 21.5. The fourth-order valence-corrected chi connectivity index (χ4v) is 3.83. The van der Waals surface area contributed by atoms with Crippen LogP contribution in [-0.4, -0.2) is 91.2 Å². The van der Waals surface area contributed by atoms with Gasteiger partial charge in [0.1, 0.15) is 5.76 Å². The zero-order valence-corrected chi connectivity index (χ0v) is 17.8. The van der Waals surface area contributed by atoms with Crippen molar-refractivity contribution in [2.45, 2.75) is 39.2 Å². The van der Waals surface area contributed by atoms with Crippen LogP contribution in [0.5, 0.6) is 0 Å². The number of aryl methyl sites for hydroxylation is 1. The number of piperazine rings is 1. The van der Waals surface area contributed by atoms with Gasteiger partial charge in [-0.15, -0.1) is 0 Å². The molecule has 1 aromatic heterocycles. The molecule has 2 aliphatic heterocycles. The third-order valence-corrected chi connectivity index (χ3v) is 5.58. The maximum absolute atomic E-state index is 13.0. The molecule has 2 saturated heterocycles. The average Bonchev–Trinajstić information content (AvgIpc) is 3.42. The summed E-state index contributed by atoms with van der Waals surface area (Å²) < 4.78 is 16.0. The van der Waals surface area contributed by atoms with Crippen LogP contribution in [0.15, 0.2) is 16.7 Å². The summed E-state index contributed by atoms with van der Waals surface area (Å²) in [6.45, 7) is 7.21. The van der Waals surface area contributed by atoms with Crippen LogP contribution in [0.4, 0.5) is 4.79 Å². The van der Waals surface area contributed by atoms with Crippen molar-refractivity contribution in [3.05, 3.63) is 23.7 Å². The normalized spacial score (nSPS) is 19.1. The lowest BCUT2D eigenvalue weighted by atomic mass is 10.1. The number of amides is 3. The van der Waals surface area contributed by atoms with Gasteiger partial charge >= 0.3 is 6.09 Å². The van der Waals surface area contributed by atoms with Crippen LogP contribution in [0.2, 0.25) is 0 Å². The van der Waals surface area contributed by atoms with Crippen molar-refractivity contribution in [1.82, 2.24) is 14.7 Å². The van der Waals surface area contributed by atoms with Crippen LogP contribution in [0.3, 0.4) is 0 Å². The fraction of sp³-hybridized carbons (Fsp3) is 0.667. The minimum atomic E-state index is -0.339. The molecule has 30 heavy (non-hydrogen) atoms. The molecule has 9 nitrogen and oxygen atoms in total. The van der Waals surface area contributed by atoms with Crippen molar-refractivity contribution >= 4 is 17.9 Å². The zero-order valence-electron chi connectivity index (χ0n) is 17.8. The molecule has 1 atom stereocenters. The highest BCUT2D eigenvalue weighted by Crippen LogP contribution is 2.18. The molecule has 166 valence electrons. The quantitative estimate of drug-likeness (QED) is 0.668. The number of ether oxygens (including phenoxy) is 2. The first-order valence-corrected chi connectivity index (χ1v) is 10.6. The van der Waals surface area contributed by atoms with Crippen LogP contribution < -0.4 is 0 Å². The monoisotopic (exact) mass is 421 g/mol. The standard InChI is InChI=1S/C21H31N3O6/c1-3-28-21(27)23-11-9-22(10-12-23)19(25)6-8-24(15-17-5-4-13-30-17)20(26)18-7-14-29-16(18)2/h7,14,17H,3-6,8-13,15H2,1-2H3/t17-/m0/s1. The first-order valence-electron chi connectivity index (χ1n) is 10.6. The lowest BCUT2D eigenvalue weighted by Crippen LogP contribution is -2.51. The van der Waals surface area contributed by atoms with Gasteiger partial charge in [-0.2, -0.15) is 0 Å². The van der Waals surface area contributed by atoms with Gasteiger partial charge < -0.3 is 28.6 Å². The van der Waals surface area contributed by atoms with Crippen molar-refractivity contribution in [3.8, 4) is 0 Å². The Kier molecular flexibility index (Phi) is 7.73. The van der Waals surface area contributed by atoms with Crippen molar-refractivity contribution in [2.75, 3.05) is 52.5 Å². The molecule has 0 aliphatic carbocycles. The second-order valence-electron chi connectivity index (χ2n) is 7.59. The second kappa shape index (κ2) is 10.5. The van der Waals surface area contributed by atoms with E-state index in [1.165, 1.54) is 6.26 Å². The van der Waals surface area contributed by atoms with E-state index in [-0.39, 0.29) is 30.4 Å². The summed E-state index contributed by atoms with van der Waals surface area (Å²) in [5.74, 6) is 0.406. The van der Waals surface area contributed by atoms with Gasteiger partial charge in [-0.1, -0.05) is 0 Å². The fourth-order valence-electron chi connectivity index (χ4n) is 3.83. The van der Waals surface area contributed by atoms with Crippen LogP contribution >= 0.6 is 0 Å². The molecule has 9 heteroatoms. The summed E-state index contributed by atoms with van der Waals surface area (Å²) in [5.41, 5.74) is 0.517. The van der Waals surface area contributed by atoms with Crippen LogP contribution in [-0.2, 0) is 14.3 Å². The molecular formula is C21H31N3O6. The van der Waals surface area contributed by atoms with E-state index in [4.69, 9.17) is 13.9 Å². The molecule has 0 saturated carbocycles. The topological polar surface area (TPSA) is 92.5 Å². The maximum atomic E-state index is 13.0. The Balaban J connectivity index is 1.54. The van der Waals surface area contributed by atoms with Gasteiger partial charge in [-0.05, 0) is 32.8 Å². The third-order valence-electron chi connectivity index (χ3n) is 5.58. The summed E-state index contributed by atoms with van der Waals surface area (Å²) in [4.78, 5) is 42.6. The van der Waals surface area contributed by atoms with Crippen molar-refractivity contribution < 1.29 is 28.3 Å². The van der Waals surface area contributed by atoms with Gasteiger partial charge in [0.25, 0.3) is 5.91 Å². The molecule has 3 rings (SSSR count). The third kappa shape index (κ3) is 5.53. The van der Waals surface area contributed by atoms with Crippen LogP contribution in [0.25, 0.3) is 0 Å². The number of carbonyl (C=O) groups is 3. The van der Waals surface area contributed by atoms with Crippen molar-refractivity contribution in [2.24, 2.45) is 0 Å². The summed E-state index contributed by atoms with van der Waals surface area (Å²) in [5, 5.41) is 0. The van der Waals surface area contributed by atoms with E-state index in [1.54, 1.807) is 34.6 Å². The first kappa shape index (κ1) is 22.1. The highest BCUT2D eigenvalue weighted by Gasteiger charge is 2.28. The molecule has 3 amide bonds. The molecule has 0 N–H and O–H groups in total. The average molecular weight is 421 g/mol. The predicted octanol–water partition coefficient (Wildman–Crippen LogP) is 1.90. The molecule has 0 spiro atoms. The highest BCUT2D eigenvalue weighted by atomic mass is 16.6. The SMILES string of the molecule is CCOC(=O)N1CCN(C(=O)CCN(C[C@@H]2CCCO2)C(=O)c2ccoc2C)CC1. The molecule has 0 unspecified atom stereocenters. The molecule has 0 bridgehead atoms. The Labute approximate surface area is 176 Å². The van der Waals surface area contributed by atoms with Gasteiger partial charge in [0.2, 0.25) is 5.91 Å². The summed E-state index contributed by atoms with van der Waals surface area (Å²) >= 11 is 0. The number of rotatable bonds is 7. The Morgan fingerprint density at radius 1 is 1.20 bits per heavy atom.